The Morgan fingerprint density at radius 2 is 1.78 bits per heavy atom. The molecule has 0 bridgehead atoms. The van der Waals surface area contributed by atoms with Gasteiger partial charge in [-0.25, -0.2) is 13.2 Å². The molecule has 23 heavy (non-hydrogen) atoms. The number of halogens is 3. The molecule has 1 fully saturated rings. The molecule has 0 aromatic heterocycles. The summed E-state index contributed by atoms with van der Waals surface area (Å²) in [6, 6.07) is 10.4. The molecule has 0 radical (unpaired) electrons. The molecular formula is C18H15F3N2. The lowest BCUT2D eigenvalue weighted by atomic mass is 9.91. The van der Waals surface area contributed by atoms with Gasteiger partial charge in [0.2, 0.25) is 0 Å². The van der Waals surface area contributed by atoms with Crippen LogP contribution in [0.4, 0.5) is 13.2 Å². The van der Waals surface area contributed by atoms with Crippen molar-refractivity contribution in [2.24, 2.45) is 5.92 Å². The van der Waals surface area contributed by atoms with E-state index in [0.29, 0.717) is 30.0 Å². The van der Waals surface area contributed by atoms with Crippen molar-refractivity contribution in [1.82, 2.24) is 4.90 Å². The highest BCUT2D eigenvalue weighted by Crippen LogP contribution is 2.24. The molecule has 2 nitrogen and oxygen atoms in total. The monoisotopic (exact) mass is 316 g/mol. The molecule has 3 rings (SSSR count). The van der Waals surface area contributed by atoms with Crippen LogP contribution in [0.3, 0.4) is 0 Å². The third-order valence-corrected chi connectivity index (χ3v) is 4.12. The van der Waals surface area contributed by atoms with Crippen molar-refractivity contribution in [1.29, 1.82) is 5.26 Å². The summed E-state index contributed by atoms with van der Waals surface area (Å²) in [5.41, 5.74) is 1.65. The first-order valence-corrected chi connectivity index (χ1v) is 7.40. The van der Waals surface area contributed by atoms with Crippen LogP contribution in [0, 0.1) is 34.7 Å². The van der Waals surface area contributed by atoms with Gasteiger partial charge in [-0.05, 0) is 42.2 Å². The number of likely N-dealkylation sites (tertiary alicyclic amines) is 1. The quantitative estimate of drug-likeness (QED) is 0.861. The predicted molar refractivity (Wildman–Crippen MR) is 79.9 cm³/mol. The van der Waals surface area contributed by atoms with Gasteiger partial charge >= 0.3 is 0 Å². The van der Waals surface area contributed by atoms with Crippen LogP contribution in [0.15, 0.2) is 36.4 Å². The van der Waals surface area contributed by atoms with Crippen LogP contribution in [0.25, 0.3) is 0 Å². The Morgan fingerprint density at radius 3 is 2.43 bits per heavy atom. The van der Waals surface area contributed by atoms with E-state index in [4.69, 9.17) is 5.26 Å². The molecule has 1 aliphatic heterocycles. The lowest BCUT2D eigenvalue weighted by Gasteiger charge is -2.39. The summed E-state index contributed by atoms with van der Waals surface area (Å²) in [4.78, 5) is 2.09. The van der Waals surface area contributed by atoms with Gasteiger partial charge in [0.05, 0.1) is 11.6 Å². The normalized spacial score (nSPS) is 15.2. The van der Waals surface area contributed by atoms with Gasteiger partial charge in [0.15, 0.2) is 11.6 Å². The average molecular weight is 316 g/mol. The highest BCUT2D eigenvalue weighted by molar-refractivity contribution is 5.33. The topological polar surface area (TPSA) is 27.0 Å². The maximum atomic E-state index is 13.8. The Morgan fingerprint density at radius 1 is 1.00 bits per heavy atom. The summed E-state index contributed by atoms with van der Waals surface area (Å²) in [7, 11) is 0. The number of benzene rings is 2. The molecule has 1 heterocycles. The van der Waals surface area contributed by atoms with Gasteiger partial charge < -0.3 is 0 Å². The highest BCUT2D eigenvalue weighted by Gasteiger charge is 2.27. The average Bonchev–Trinajstić information content (AvgIpc) is 2.50. The van der Waals surface area contributed by atoms with Crippen LogP contribution in [0.2, 0.25) is 0 Å². The minimum atomic E-state index is -0.833. The molecule has 0 amide bonds. The maximum absolute atomic E-state index is 13.8. The fraction of sp³-hybridized carbons (Fsp3) is 0.278. The van der Waals surface area contributed by atoms with Crippen molar-refractivity contribution in [2.75, 3.05) is 13.1 Å². The Labute approximate surface area is 132 Å². The van der Waals surface area contributed by atoms with E-state index in [1.165, 1.54) is 12.1 Å². The molecule has 118 valence electrons. The minimum absolute atomic E-state index is 0.311. The van der Waals surface area contributed by atoms with Gasteiger partial charge in [0.25, 0.3) is 0 Å². The zero-order valence-electron chi connectivity index (χ0n) is 12.4. The molecule has 0 saturated carbocycles. The van der Waals surface area contributed by atoms with Crippen molar-refractivity contribution < 1.29 is 13.2 Å². The fourth-order valence-electron chi connectivity index (χ4n) is 2.92. The largest absolute Gasteiger partial charge is 0.298 e. The van der Waals surface area contributed by atoms with E-state index >= 15 is 0 Å². The van der Waals surface area contributed by atoms with Crippen LogP contribution in [0.5, 0.6) is 0 Å². The molecule has 0 unspecified atom stereocenters. The Balaban J connectivity index is 1.53. The summed E-state index contributed by atoms with van der Waals surface area (Å²) in [6.45, 7) is 2.07. The standard InChI is InChI=1S/C18H15F3N2/c19-16-4-2-12(6-18(16)21)5-14-9-23(10-14)11-15-3-1-13(8-22)7-17(15)20/h1-4,6-7,14H,5,9-11H2. The summed E-state index contributed by atoms with van der Waals surface area (Å²) in [6.07, 6.45) is 0.684. The lowest BCUT2D eigenvalue weighted by Crippen LogP contribution is -2.46. The van der Waals surface area contributed by atoms with Gasteiger partial charge in [0, 0.05) is 25.2 Å². The number of hydrogen-bond donors (Lipinski definition) is 0. The van der Waals surface area contributed by atoms with E-state index in [9.17, 15) is 13.2 Å². The lowest BCUT2D eigenvalue weighted by molar-refractivity contribution is 0.0913. The van der Waals surface area contributed by atoms with Gasteiger partial charge in [-0.3, -0.25) is 4.90 Å². The van der Waals surface area contributed by atoms with E-state index in [1.807, 2.05) is 6.07 Å². The molecule has 1 saturated heterocycles. The highest BCUT2D eigenvalue weighted by atomic mass is 19.2. The van der Waals surface area contributed by atoms with E-state index < -0.39 is 11.6 Å². The minimum Gasteiger partial charge on any atom is -0.298 e. The first-order chi connectivity index (χ1) is 11.0. The second-order valence-corrected chi connectivity index (χ2v) is 5.93. The van der Waals surface area contributed by atoms with Crippen molar-refractivity contribution in [2.45, 2.75) is 13.0 Å². The third kappa shape index (κ3) is 3.54. The van der Waals surface area contributed by atoms with E-state index in [-0.39, 0.29) is 5.82 Å². The molecule has 0 N–H and O–H groups in total. The van der Waals surface area contributed by atoms with Gasteiger partial charge in [-0.15, -0.1) is 0 Å². The number of rotatable bonds is 4. The summed E-state index contributed by atoms with van der Waals surface area (Å²) in [5, 5.41) is 8.73. The molecule has 2 aromatic rings. The zero-order valence-corrected chi connectivity index (χ0v) is 12.4. The molecule has 2 aromatic carbocycles. The molecule has 0 aliphatic carbocycles. The second kappa shape index (κ2) is 6.43. The Hall–Kier alpha value is -2.32. The van der Waals surface area contributed by atoms with Crippen molar-refractivity contribution >= 4 is 0 Å². The third-order valence-electron chi connectivity index (χ3n) is 4.12. The van der Waals surface area contributed by atoms with E-state index in [0.717, 1.165) is 24.7 Å². The smallest absolute Gasteiger partial charge is 0.159 e. The van der Waals surface area contributed by atoms with E-state index in [1.54, 1.807) is 18.2 Å². The summed E-state index contributed by atoms with van der Waals surface area (Å²) in [5.74, 6) is -1.66. The molecule has 1 aliphatic rings. The predicted octanol–water partition coefficient (Wildman–Crippen LogP) is 3.65. The van der Waals surface area contributed by atoms with Gasteiger partial charge in [-0.2, -0.15) is 5.26 Å². The van der Waals surface area contributed by atoms with Crippen LogP contribution >= 0.6 is 0 Å². The van der Waals surface area contributed by atoms with Gasteiger partial charge in [-0.1, -0.05) is 12.1 Å². The first-order valence-electron chi connectivity index (χ1n) is 7.40. The van der Waals surface area contributed by atoms with E-state index in [2.05, 4.69) is 4.90 Å². The Kier molecular flexibility index (Phi) is 4.35. The molecule has 0 spiro atoms. The first kappa shape index (κ1) is 15.6. The zero-order chi connectivity index (χ0) is 16.4. The molecule has 5 heteroatoms. The Bertz CT molecular complexity index is 761. The number of nitriles is 1. The number of nitrogens with zero attached hydrogens (tertiary/aromatic N) is 2. The van der Waals surface area contributed by atoms with Crippen LogP contribution in [0.1, 0.15) is 16.7 Å². The number of hydrogen-bond acceptors (Lipinski definition) is 2. The summed E-state index contributed by atoms with van der Waals surface area (Å²) < 4.78 is 39.9. The van der Waals surface area contributed by atoms with Crippen molar-refractivity contribution in [3.05, 3.63) is 70.5 Å². The van der Waals surface area contributed by atoms with Crippen molar-refractivity contribution in [3.63, 3.8) is 0 Å². The van der Waals surface area contributed by atoms with Crippen LogP contribution in [-0.2, 0) is 13.0 Å². The second-order valence-electron chi connectivity index (χ2n) is 5.93. The maximum Gasteiger partial charge on any atom is 0.159 e. The molecular weight excluding hydrogens is 301 g/mol. The van der Waals surface area contributed by atoms with Crippen molar-refractivity contribution in [3.8, 4) is 6.07 Å². The van der Waals surface area contributed by atoms with Crippen LogP contribution in [-0.4, -0.2) is 18.0 Å². The fourth-order valence-corrected chi connectivity index (χ4v) is 2.92. The molecule has 0 atom stereocenters. The van der Waals surface area contributed by atoms with Gasteiger partial charge in [0.1, 0.15) is 5.82 Å². The summed E-state index contributed by atoms with van der Waals surface area (Å²) >= 11 is 0. The van der Waals surface area contributed by atoms with Crippen LogP contribution < -0.4 is 0 Å². The SMILES string of the molecule is N#Cc1ccc(CN2CC(Cc3ccc(F)c(F)c3)C2)c(F)c1.